The number of ether oxygens (including phenoxy) is 1. The Morgan fingerprint density at radius 1 is 1.50 bits per heavy atom. The molecule has 0 aromatic rings. The molecular formula is C10H17NO3. The molecule has 0 bridgehead atoms. The summed E-state index contributed by atoms with van der Waals surface area (Å²) in [6, 6.07) is 0. The van der Waals surface area contributed by atoms with Crippen molar-refractivity contribution in [1.29, 1.82) is 0 Å². The molecule has 4 nitrogen and oxygen atoms in total. The third kappa shape index (κ3) is 2.12. The van der Waals surface area contributed by atoms with Gasteiger partial charge < -0.3 is 4.74 Å². The van der Waals surface area contributed by atoms with Crippen LogP contribution in [0.2, 0.25) is 0 Å². The SMILES string of the molecule is COC(C)(C)CC1(C)CC(=O)NC1=O. The molecule has 1 heterocycles. The molecule has 2 amide bonds. The van der Waals surface area contributed by atoms with E-state index in [1.807, 2.05) is 13.8 Å². The molecule has 0 aromatic heterocycles. The lowest BCUT2D eigenvalue weighted by Crippen LogP contribution is -2.37. The van der Waals surface area contributed by atoms with Crippen molar-refractivity contribution in [2.45, 2.75) is 39.2 Å². The molecule has 4 heteroatoms. The van der Waals surface area contributed by atoms with Gasteiger partial charge in [-0.1, -0.05) is 6.92 Å². The third-order valence-electron chi connectivity index (χ3n) is 2.72. The second kappa shape index (κ2) is 3.35. The Morgan fingerprint density at radius 2 is 2.07 bits per heavy atom. The lowest BCUT2D eigenvalue weighted by molar-refractivity contribution is -0.130. The fourth-order valence-corrected chi connectivity index (χ4v) is 1.91. The maximum Gasteiger partial charge on any atom is 0.233 e. The van der Waals surface area contributed by atoms with E-state index in [1.165, 1.54) is 0 Å². The quantitative estimate of drug-likeness (QED) is 0.686. The summed E-state index contributed by atoms with van der Waals surface area (Å²) >= 11 is 0. The van der Waals surface area contributed by atoms with E-state index in [1.54, 1.807) is 14.0 Å². The molecule has 80 valence electrons. The lowest BCUT2D eigenvalue weighted by atomic mass is 9.78. The van der Waals surface area contributed by atoms with Crippen molar-refractivity contribution in [2.75, 3.05) is 7.11 Å². The highest BCUT2D eigenvalue weighted by molar-refractivity contribution is 6.05. The number of hydrogen-bond acceptors (Lipinski definition) is 3. The van der Waals surface area contributed by atoms with Crippen LogP contribution in [0.5, 0.6) is 0 Å². The van der Waals surface area contributed by atoms with E-state index in [2.05, 4.69) is 5.32 Å². The smallest absolute Gasteiger partial charge is 0.233 e. The lowest BCUT2D eigenvalue weighted by Gasteiger charge is -2.31. The van der Waals surface area contributed by atoms with Gasteiger partial charge in [-0.2, -0.15) is 0 Å². The molecule has 1 rings (SSSR count). The molecule has 0 saturated carbocycles. The average molecular weight is 199 g/mol. The van der Waals surface area contributed by atoms with E-state index >= 15 is 0 Å². The van der Waals surface area contributed by atoms with Crippen LogP contribution in [0.1, 0.15) is 33.6 Å². The minimum Gasteiger partial charge on any atom is -0.379 e. The minimum atomic E-state index is -0.614. The van der Waals surface area contributed by atoms with Crippen molar-refractivity contribution in [3.63, 3.8) is 0 Å². The molecule has 1 saturated heterocycles. The largest absolute Gasteiger partial charge is 0.379 e. The monoisotopic (exact) mass is 199 g/mol. The van der Waals surface area contributed by atoms with Crippen molar-refractivity contribution in [1.82, 2.24) is 5.32 Å². The van der Waals surface area contributed by atoms with Gasteiger partial charge in [0.1, 0.15) is 0 Å². The molecule has 1 fully saturated rings. The Balaban J connectivity index is 2.77. The van der Waals surface area contributed by atoms with Gasteiger partial charge in [-0.15, -0.1) is 0 Å². The molecular weight excluding hydrogens is 182 g/mol. The van der Waals surface area contributed by atoms with Gasteiger partial charge in [-0.05, 0) is 20.3 Å². The zero-order valence-corrected chi connectivity index (χ0v) is 9.14. The van der Waals surface area contributed by atoms with E-state index in [9.17, 15) is 9.59 Å². The minimum absolute atomic E-state index is 0.187. The number of amides is 2. The molecule has 0 radical (unpaired) electrons. The van der Waals surface area contributed by atoms with E-state index < -0.39 is 5.41 Å². The van der Waals surface area contributed by atoms with Crippen LogP contribution in [-0.4, -0.2) is 24.5 Å². The van der Waals surface area contributed by atoms with Gasteiger partial charge >= 0.3 is 0 Å². The highest BCUT2D eigenvalue weighted by Crippen LogP contribution is 2.36. The van der Waals surface area contributed by atoms with Gasteiger partial charge in [0.2, 0.25) is 11.8 Å². The van der Waals surface area contributed by atoms with Crippen LogP contribution in [0, 0.1) is 5.41 Å². The normalized spacial score (nSPS) is 28.0. The third-order valence-corrected chi connectivity index (χ3v) is 2.72. The van der Waals surface area contributed by atoms with E-state index in [-0.39, 0.29) is 23.8 Å². The summed E-state index contributed by atoms with van der Waals surface area (Å²) in [4.78, 5) is 22.6. The van der Waals surface area contributed by atoms with Gasteiger partial charge in [0.05, 0.1) is 11.0 Å². The summed E-state index contributed by atoms with van der Waals surface area (Å²) in [6.45, 7) is 5.62. The standard InChI is InChI=1S/C10H17NO3/c1-9(2,14-4)6-10(3)5-7(12)11-8(10)13/h5-6H2,1-4H3,(H,11,12,13). The van der Waals surface area contributed by atoms with Gasteiger partial charge in [0.15, 0.2) is 0 Å². The Labute approximate surface area is 84.0 Å². The zero-order chi connectivity index (χ0) is 11.0. The molecule has 14 heavy (non-hydrogen) atoms. The predicted molar refractivity (Wildman–Crippen MR) is 51.6 cm³/mol. The van der Waals surface area contributed by atoms with Gasteiger partial charge in [0, 0.05) is 13.5 Å². The highest BCUT2D eigenvalue weighted by atomic mass is 16.5. The summed E-state index contributed by atoms with van der Waals surface area (Å²) < 4.78 is 5.26. The number of hydrogen-bond donors (Lipinski definition) is 1. The van der Waals surface area contributed by atoms with Gasteiger partial charge in [0.25, 0.3) is 0 Å². The van der Waals surface area contributed by atoms with Crippen molar-refractivity contribution < 1.29 is 14.3 Å². The van der Waals surface area contributed by atoms with Gasteiger partial charge in [-0.25, -0.2) is 0 Å². The summed E-state index contributed by atoms with van der Waals surface area (Å²) in [6.07, 6.45) is 0.812. The van der Waals surface area contributed by atoms with Crippen LogP contribution in [-0.2, 0) is 14.3 Å². The number of carbonyl (C=O) groups excluding carboxylic acids is 2. The first-order valence-corrected chi connectivity index (χ1v) is 4.68. The van der Waals surface area contributed by atoms with Crippen molar-refractivity contribution >= 4 is 11.8 Å². The fraction of sp³-hybridized carbons (Fsp3) is 0.800. The van der Waals surface area contributed by atoms with Crippen molar-refractivity contribution in [2.24, 2.45) is 5.41 Å². The Morgan fingerprint density at radius 3 is 2.43 bits per heavy atom. The average Bonchev–Trinajstić information content (AvgIpc) is 2.24. The molecule has 1 aliphatic heterocycles. The van der Waals surface area contributed by atoms with Crippen LogP contribution in [0.3, 0.4) is 0 Å². The Kier molecular flexibility index (Phi) is 2.67. The first-order valence-electron chi connectivity index (χ1n) is 4.68. The molecule has 1 atom stereocenters. The van der Waals surface area contributed by atoms with Crippen LogP contribution in [0.15, 0.2) is 0 Å². The number of carbonyl (C=O) groups is 2. The molecule has 1 unspecified atom stereocenters. The van der Waals surface area contributed by atoms with Crippen LogP contribution in [0.4, 0.5) is 0 Å². The van der Waals surface area contributed by atoms with Gasteiger partial charge in [-0.3, -0.25) is 14.9 Å². The second-order valence-electron chi connectivity index (χ2n) is 4.76. The highest BCUT2D eigenvalue weighted by Gasteiger charge is 2.45. The number of methoxy groups -OCH3 is 1. The predicted octanol–water partition coefficient (Wildman–Crippen LogP) is 0.854. The number of imide groups is 1. The number of nitrogens with one attached hydrogen (secondary N) is 1. The summed E-state index contributed by atoms with van der Waals surface area (Å²) in [5, 5.41) is 2.32. The van der Waals surface area contributed by atoms with E-state index in [0.29, 0.717) is 6.42 Å². The second-order valence-corrected chi connectivity index (χ2v) is 4.76. The van der Waals surface area contributed by atoms with Crippen LogP contribution in [0.25, 0.3) is 0 Å². The van der Waals surface area contributed by atoms with Crippen LogP contribution >= 0.6 is 0 Å². The zero-order valence-electron chi connectivity index (χ0n) is 9.14. The first-order chi connectivity index (χ1) is 6.29. The van der Waals surface area contributed by atoms with E-state index in [0.717, 1.165) is 0 Å². The first kappa shape index (κ1) is 11.2. The fourth-order valence-electron chi connectivity index (χ4n) is 1.91. The molecule has 1 N–H and O–H groups in total. The molecule has 1 aliphatic rings. The maximum absolute atomic E-state index is 11.5. The summed E-state index contributed by atoms with van der Waals surface area (Å²) in [7, 11) is 1.61. The van der Waals surface area contributed by atoms with Crippen molar-refractivity contribution in [3.05, 3.63) is 0 Å². The number of rotatable bonds is 3. The Bertz CT molecular complexity index is 273. The molecule has 0 aromatic carbocycles. The molecule has 0 aliphatic carbocycles. The topological polar surface area (TPSA) is 55.4 Å². The van der Waals surface area contributed by atoms with Crippen LogP contribution < -0.4 is 5.32 Å². The summed E-state index contributed by atoms with van der Waals surface area (Å²) in [5.74, 6) is -0.378. The maximum atomic E-state index is 11.5. The van der Waals surface area contributed by atoms with Crippen molar-refractivity contribution in [3.8, 4) is 0 Å². The Hall–Kier alpha value is -0.900. The van der Waals surface area contributed by atoms with E-state index in [4.69, 9.17) is 4.74 Å². The summed E-state index contributed by atoms with van der Waals surface area (Å²) in [5.41, 5.74) is -0.993. The molecule has 0 spiro atoms.